The highest BCUT2D eigenvalue weighted by Crippen LogP contribution is 2.32. The molecule has 68 valence electrons. The number of allylic oxidation sites excluding steroid dienone is 2. The van der Waals surface area contributed by atoms with Gasteiger partial charge in [-0.2, -0.15) is 0 Å². The molecule has 0 aromatic heterocycles. The van der Waals surface area contributed by atoms with Gasteiger partial charge in [-0.15, -0.1) is 0 Å². The maximum atomic E-state index is 4.16. The van der Waals surface area contributed by atoms with Gasteiger partial charge in [-0.1, -0.05) is 37.6 Å². The monoisotopic (exact) mass is 164 g/mol. The Bertz CT molecular complexity index is 166. The minimum atomic E-state index is 0.801. The van der Waals surface area contributed by atoms with Gasteiger partial charge in [0.05, 0.1) is 0 Å². The van der Waals surface area contributed by atoms with Gasteiger partial charge in [-0.25, -0.2) is 0 Å². The fraction of sp³-hybridized carbons (Fsp3) is 0.667. The van der Waals surface area contributed by atoms with Crippen LogP contribution in [0.4, 0.5) is 0 Å². The Morgan fingerprint density at radius 3 is 2.50 bits per heavy atom. The summed E-state index contributed by atoms with van der Waals surface area (Å²) in [4.78, 5) is 0. The SMILES string of the molecule is C=C1CCC(C(=C)CCC)CC1. The van der Waals surface area contributed by atoms with Gasteiger partial charge < -0.3 is 0 Å². The third-order valence-electron chi connectivity index (χ3n) is 2.84. The van der Waals surface area contributed by atoms with Crippen molar-refractivity contribution >= 4 is 0 Å². The molecule has 0 aromatic rings. The fourth-order valence-corrected chi connectivity index (χ4v) is 1.96. The van der Waals surface area contributed by atoms with E-state index in [1.165, 1.54) is 49.7 Å². The molecule has 0 bridgehead atoms. The van der Waals surface area contributed by atoms with Gasteiger partial charge in [-0.3, -0.25) is 0 Å². The predicted molar refractivity (Wildman–Crippen MR) is 55.1 cm³/mol. The number of hydrogen-bond donors (Lipinski definition) is 0. The highest BCUT2D eigenvalue weighted by molar-refractivity contribution is 5.08. The average Bonchev–Trinajstić information content (AvgIpc) is 2.06. The van der Waals surface area contributed by atoms with Gasteiger partial charge in [0, 0.05) is 0 Å². The maximum absolute atomic E-state index is 4.16. The van der Waals surface area contributed by atoms with Gasteiger partial charge in [0.25, 0.3) is 0 Å². The third-order valence-corrected chi connectivity index (χ3v) is 2.84. The smallest absolute Gasteiger partial charge is 0.0200 e. The molecule has 0 atom stereocenters. The number of rotatable bonds is 3. The van der Waals surface area contributed by atoms with Crippen LogP contribution in [0.5, 0.6) is 0 Å². The molecule has 0 heterocycles. The van der Waals surface area contributed by atoms with Crippen molar-refractivity contribution in [3.05, 3.63) is 24.3 Å². The Hall–Kier alpha value is -0.520. The van der Waals surface area contributed by atoms with Crippen LogP contribution < -0.4 is 0 Å². The topological polar surface area (TPSA) is 0 Å². The molecular weight excluding hydrogens is 144 g/mol. The molecule has 0 unspecified atom stereocenters. The van der Waals surface area contributed by atoms with E-state index < -0.39 is 0 Å². The van der Waals surface area contributed by atoms with Gasteiger partial charge in [0.1, 0.15) is 0 Å². The molecule has 1 fully saturated rings. The summed E-state index contributed by atoms with van der Waals surface area (Å²) in [5.41, 5.74) is 2.92. The largest absolute Gasteiger partial charge is 0.0999 e. The van der Waals surface area contributed by atoms with Crippen molar-refractivity contribution in [1.29, 1.82) is 0 Å². The molecule has 12 heavy (non-hydrogen) atoms. The maximum Gasteiger partial charge on any atom is -0.0200 e. The third kappa shape index (κ3) is 2.51. The van der Waals surface area contributed by atoms with Crippen molar-refractivity contribution in [2.75, 3.05) is 0 Å². The molecule has 0 heteroatoms. The normalized spacial score (nSPS) is 19.6. The highest BCUT2D eigenvalue weighted by Gasteiger charge is 2.17. The second-order valence-corrected chi connectivity index (χ2v) is 3.93. The summed E-state index contributed by atoms with van der Waals surface area (Å²) in [6, 6.07) is 0. The molecular formula is C12H20. The molecule has 0 radical (unpaired) electrons. The molecule has 1 aliphatic rings. The first-order valence-corrected chi connectivity index (χ1v) is 5.08. The first-order chi connectivity index (χ1) is 5.74. The summed E-state index contributed by atoms with van der Waals surface area (Å²) < 4.78 is 0. The Kier molecular flexibility index (Phi) is 3.58. The van der Waals surface area contributed by atoms with Crippen LogP contribution in [0.2, 0.25) is 0 Å². The van der Waals surface area contributed by atoms with Crippen molar-refractivity contribution in [1.82, 2.24) is 0 Å². The van der Waals surface area contributed by atoms with Crippen LogP contribution in [-0.2, 0) is 0 Å². The molecule has 0 saturated heterocycles. The zero-order valence-corrected chi connectivity index (χ0v) is 8.23. The predicted octanol–water partition coefficient (Wildman–Crippen LogP) is 4.09. The van der Waals surface area contributed by atoms with Crippen LogP contribution in [0.1, 0.15) is 45.4 Å². The highest BCUT2D eigenvalue weighted by atomic mass is 14.2. The quantitative estimate of drug-likeness (QED) is 0.551. The molecule has 0 N–H and O–H groups in total. The van der Waals surface area contributed by atoms with E-state index in [0.29, 0.717) is 0 Å². The summed E-state index contributed by atoms with van der Waals surface area (Å²) in [6.07, 6.45) is 7.53. The second kappa shape index (κ2) is 4.49. The van der Waals surface area contributed by atoms with E-state index in [1.807, 2.05) is 0 Å². The molecule has 1 rings (SSSR count). The lowest BCUT2D eigenvalue weighted by Gasteiger charge is -2.25. The lowest BCUT2D eigenvalue weighted by atomic mass is 9.81. The van der Waals surface area contributed by atoms with Crippen molar-refractivity contribution in [3.63, 3.8) is 0 Å². The Labute approximate surface area is 76.4 Å². The summed E-state index contributed by atoms with van der Waals surface area (Å²) in [7, 11) is 0. The van der Waals surface area contributed by atoms with Crippen LogP contribution in [0.15, 0.2) is 24.3 Å². The molecule has 0 nitrogen and oxygen atoms in total. The van der Waals surface area contributed by atoms with E-state index in [-0.39, 0.29) is 0 Å². The molecule has 0 spiro atoms. The lowest BCUT2D eigenvalue weighted by Crippen LogP contribution is -2.09. The van der Waals surface area contributed by atoms with Crippen molar-refractivity contribution < 1.29 is 0 Å². The van der Waals surface area contributed by atoms with Crippen molar-refractivity contribution in [3.8, 4) is 0 Å². The van der Waals surface area contributed by atoms with E-state index in [4.69, 9.17) is 0 Å². The summed E-state index contributed by atoms with van der Waals surface area (Å²) >= 11 is 0. The summed E-state index contributed by atoms with van der Waals surface area (Å²) in [6.45, 7) is 10.4. The first kappa shape index (κ1) is 9.57. The zero-order valence-electron chi connectivity index (χ0n) is 8.23. The van der Waals surface area contributed by atoms with E-state index in [2.05, 4.69) is 20.1 Å². The first-order valence-electron chi connectivity index (χ1n) is 5.08. The van der Waals surface area contributed by atoms with Crippen LogP contribution in [-0.4, -0.2) is 0 Å². The Morgan fingerprint density at radius 2 is 2.00 bits per heavy atom. The molecule has 1 saturated carbocycles. The van der Waals surface area contributed by atoms with Crippen LogP contribution >= 0.6 is 0 Å². The van der Waals surface area contributed by atoms with Crippen LogP contribution in [0, 0.1) is 5.92 Å². The summed E-state index contributed by atoms with van der Waals surface area (Å²) in [5.74, 6) is 0.801. The van der Waals surface area contributed by atoms with Crippen molar-refractivity contribution in [2.24, 2.45) is 5.92 Å². The minimum Gasteiger partial charge on any atom is -0.0999 e. The molecule has 0 aliphatic heterocycles. The van der Waals surface area contributed by atoms with Gasteiger partial charge in [-0.05, 0) is 38.0 Å². The fourth-order valence-electron chi connectivity index (χ4n) is 1.96. The van der Waals surface area contributed by atoms with Gasteiger partial charge in [0.15, 0.2) is 0 Å². The average molecular weight is 164 g/mol. The van der Waals surface area contributed by atoms with E-state index in [0.717, 1.165) is 5.92 Å². The second-order valence-electron chi connectivity index (χ2n) is 3.93. The van der Waals surface area contributed by atoms with E-state index >= 15 is 0 Å². The van der Waals surface area contributed by atoms with E-state index in [1.54, 1.807) is 0 Å². The standard InChI is InChI=1S/C12H20/c1-4-5-11(3)12-8-6-10(2)7-9-12/h12H,2-9H2,1H3. The van der Waals surface area contributed by atoms with Crippen LogP contribution in [0.3, 0.4) is 0 Å². The minimum absolute atomic E-state index is 0.801. The molecule has 0 amide bonds. The Morgan fingerprint density at radius 1 is 1.42 bits per heavy atom. The van der Waals surface area contributed by atoms with Crippen molar-refractivity contribution in [2.45, 2.75) is 45.4 Å². The van der Waals surface area contributed by atoms with E-state index in [9.17, 15) is 0 Å². The van der Waals surface area contributed by atoms with Gasteiger partial charge in [0.2, 0.25) is 0 Å². The van der Waals surface area contributed by atoms with Crippen LogP contribution in [0.25, 0.3) is 0 Å². The molecule has 1 aliphatic carbocycles. The van der Waals surface area contributed by atoms with Gasteiger partial charge >= 0.3 is 0 Å². The Balaban J connectivity index is 2.33. The zero-order chi connectivity index (χ0) is 8.97. The lowest BCUT2D eigenvalue weighted by molar-refractivity contribution is 0.455. The summed E-state index contributed by atoms with van der Waals surface area (Å²) in [5, 5.41) is 0. The molecule has 0 aromatic carbocycles. The number of hydrogen-bond acceptors (Lipinski definition) is 0.